The van der Waals surface area contributed by atoms with Crippen molar-refractivity contribution in [2.24, 2.45) is 10.7 Å². The SMILES string of the molecule is I.NC(=NCc1cccc(CN2CCCCCC2)c1)NCCc1ccccn1. The second-order valence-electron chi connectivity index (χ2n) is 7.21. The molecule has 2 aromatic rings. The predicted molar refractivity (Wildman–Crippen MR) is 127 cm³/mol. The van der Waals surface area contributed by atoms with Gasteiger partial charge < -0.3 is 11.1 Å². The topological polar surface area (TPSA) is 66.5 Å². The first-order valence-corrected chi connectivity index (χ1v) is 10.0. The van der Waals surface area contributed by atoms with Crippen LogP contribution < -0.4 is 11.1 Å². The van der Waals surface area contributed by atoms with E-state index in [2.05, 4.69) is 44.5 Å². The fourth-order valence-electron chi connectivity index (χ4n) is 3.48. The highest BCUT2D eigenvalue weighted by Gasteiger charge is 2.09. The number of nitrogens with one attached hydrogen (secondary N) is 1. The zero-order chi connectivity index (χ0) is 18.7. The zero-order valence-electron chi connectivity index (χ0n) is 16.5. The smallest absolute Gasteiger partial charge is 0.188 e. The first kappa shape index (κ1) is 22.6. The third-order valence-corrected chi connectivity index (χ3v) is 4.94. The minimum Gasteiger partial charge on any atom is -0.370 e. The summed E-state index contributed by atoms with van der Waals surface area (Å²) in [5.41, 5.74) is 9.63. The molecule has 152 valence electrons. The summed E-state index contributed by atoms with van der Waals surface area (Å²) in [7, 11) is 0. The van der Waals surface area contributed by atoms with Crippen molar-refractivity contribution in [2.45, 2.75) is 45.2 Å². The number of rotatable bonds is 7. The lowest BCUT2D eigenvalue weighted by molar-refractivity contribution is 0.277. The molecule has 1 aliphatic rings. The molecular weight excluding hydrogens is 461 g/mol. The molecule has 0 atom stereocenters. The second kappa shape index (κ2) is 12.7. The van der Waals surface area contributed by atoms with Crippen LogP contribution in [0.15, 0.2) is 53.7 Å². The van der Waals surface area contributed by atoms with E-state index in [-0.39, 0.29) is 24.0 Å². The molecule has 28 heavy (non-hydrogen) atoms. The van der Waals surface area contributed by atoms with Gasteiger partial charge in [0.05, 0.1) is 6.54 Å². The van der Waals surface area contributed by atoms with Gasteiger partial charge >= 0.3 is 0 Å². The number of pyridine rings is 1. The van der Waals surface area contributed by atoms with E-state index in [1.165, 1.54) is 49.9 Å². The van der Waals surface area contributed by atoms with Crippen molar-refractivity contribution in [3.63, 3.8) is 0 Å². The van der Waals surface area contributed by atoms with E-state index in [1.807, 2.05) is 24.4 Å². The predicted octanol–water partition coefficient (Wildman–Crippen LogP) is 3.72. The number of benzene rings is 1. The number of likely N-dealkylation sites (tertiary alicyclic amines) is 1. The highest BCUT2D eigenvalue weighted by molar-refractivity contribution is 14.0. The fraction of sp³-hybridized carbons (Fsp3) is 0.455. The number of hydrogen-bond acceptors (Lipinski definition) is 3. The number of guanidine groups is 1. The molecule has 0 radical (unpaired) electrons. The number of aliphatic imine (C=N–C) groups is 1. The Morgan fingerprint density at radius 1 is 1.04 bits per heavy atom. The zero-order valence-corrected chi connectivity index (χ0v) is 18.8. The number of hydrogen-bond donors (Lipinski definition) is 2. The second-order valence-corrected chi connectivity index (χ2v) is 7.21. The Morgan fingerprint density at radius 2 is 1.82 bits per heavy atom. The molecule has 6 heteroatoms. The lowest BCUT2D eigenvalue weighted by Gasteiger charge is -2.20. The standard InChI is InChI=1S/C22H31N5.HI/c23-22(25-13-11-21-10-3-4-12-24-21)26-17-19-8-7-9-20(16-19)18-27-14-5-1-2-6-15-27;/h3-4,7-10,12,16H,1-2,5-6,11,13-15,17-18H2,(H3,23,25,26);1H. The molecule has 0 amide bonds. The Hall–Kier alpha value is -1.67. The van der Waals surface area contributed by atoms with E-state index >= 15 is 0 Å². The summed E-state index contributed by atoms with van der Waals surface area (Å²) >= 11 is 0. The highest BCUT2D eigenvalue weighted by atomic mass is 127. The van der Waals surface area contributed by atoms with Crippen molar-refractivity contribution in [1.82, 2.24) is 15.2 Å². The maximum Gasteiger partial charge on any atom is 0.188 e. The molecule has 1 aromatic carbocycles. The summed E-state index contributed by atoms with van der Waals surface area (Å²) in [6.45, 7) is 4.82. The molecule has 0 saturated carbocycles. The lowest BCUT2D eigenvalue weighted by atomic mass is 10.1. The summed E-state index contributed by atoms with van der Waals surface area (Å²) in [4.78, 5) is 11.4. The van der Waals surface area contributed by atoms with Gasteiger partial charge in [0.1, 0.15) is 0 Å². The summed E-state index contributed by atoms with van der Waals surface area (Å²) < 4.78 is 0. The monoisotopic (exact) mass is 493 g/mol. The molecule has 1 fully saturated rings. The van der Waals surface area contributed by atoms with Crippen molar-refractivity contribution >= 4 is 29.9 Å². The van der Waals surface area contributed by atoms with Gasteiger partial charge in [0, 0.05) is 31.4 Å². The van der Waals surface area contributed by atoms with Gasteiger partial charge in [-0.15, -0.1) is 24.0 Å². The normalized spacial score (nSPS) is 15.5. The first-order chi connectivity index (χ1) is 13.3. The fourth-order valence-corrected chi connectivity index (χ4v) is 3.48. The molecule has 1 saturated heterocycles. The molecule has 3 rings (SSSR count). The van der Waals surface area contributed by atoms with Crippen LogP contribution in [0.2, 0.25) is 0 Å². The minimum absolute atomic E-state index is 0. The quantitative estimate of drug-likeness (QED) is 0.351. The molecule has 0 bridgehead atoms. The van der Waals surface area contributed by atoms with Crippen LogP contribution in [-0.4, -0.2) is 35.5 Å². The van der Waals surface area contributed by atoms with E-state index in [4.69, 9.17) is 5.73 Å². The van der Waals surface area contributed by atoms with Crippen molar-refractivity contribution in [2.75, 3.05) is 19.6 Å². The number of aromatic nitrogens is 1. The Morgan fingerprint density at radius 3 is 2.57 bits per heavy atom. The summed E-state index contributed by atoms with van der Waals surface area (Å²) in [5, 5.41) is 3.17. The molecule has 0 aliphatic carbocycles. The average Bonchev–Trinajstić information content (AvgIpc) is 2.96. The van der Waals surface area contributed by atoms with Crippen LogP contribution >= 0.6 is 24.0 Å². The molecule has 0 unspecified atom stereocenters. The van der Waals surface area contributed by atoms with Crippen molar-refractivity contribution in [1.29, 1.82) is 0 Å². The Kier molecular flexibility index (Phi) is 10.3. The third-order valence-electron chi connectivity index (χ3n) is 4.94. The van der Waals surface area contributed by atoms with Gasteiger partial charge in [0.25, 0.3) is 0 Å². The van der Waals surface area contributed by atoms with Crippen molar-refractivity contribution in [3.8, 4) is 0 Å². The van der Waals surface area contributed by atoms with E-state index in [1.54, 1.807) is 0 Å². The van der Waals surface area contributed by atoms with Crippen LogP contribution in [0.3, 0.4) is 0 Å². The Balaban J connectivity index is 0.00000280. The minimum atomic E-state index is 0. The summed E-state index contributed by atoms with van der Waals surface area (Å²) in [6.07, 6.45) is 8.04. The number of halogens is 1. The summed E-state index contributed by atoms with van der Waals surface area (Å²) in [5.74, 6) is 0.490. The average molecular weight is 493 g/mol. The van der Waals surface area contributed by atoms with Crippen LogP contribution in [0.25, 0.3) is 0 Å². The molecule has 0 spiro atoms. The Bertz CT molecular complexity index is 712. The highest BCUT2D eigenvalue weighted by Crippen LogP contribution is 2.14. The molecular formula is C22H32IN5. The van der Waals surface area contributed by atoms with Crippen LogP contribution in [0, 0.1) is 0 Å². The molecule has 2 heterocycles. The van der Waals surface area contributed by atoms with E-state index < -0.39 is 0 Å². The van der Waals surface area contributed by atoms with Gasteiger partial charge in [-0.05, 0) is 49.2 Å². The van der Waals surface area contributed by atoms with Crippen LogP contribution in [-0.2, 0) is 19.5 Å². The van der Waals surface area contributed by atoms with E-state index in [0.29, 0.717) is 12.5 Å². The van der Waals surface area contributed by atoms with E-state index in [9.17, 15) is 0 Å². The maximum atomic E-state index is 6.00. The van der Waals surface area contributed by atoms with Crippen LogP contribution in [0.1, 0.15) is 42.5 Å². The van der Waals surface area contributed by atoms with E-state index in [0.717, 1.165) is 25.2 Å². The largest absolute Gasteiger partial charge is 0.370 e. The number of nitrogens with two attached hydrogens (primary N) is 1. The third kappa shape index (κ3) is 8.14. The molecule has 1 aliphatic heterocycles. The van der Waals surface area contributed by atoms with Gasteiger partial charge in [-0.3, -0.25) is 9.88 Å². The molecule has 5 nitrogen and oxygen atoms in total. The summed E-state index contributed by atoms with van der Waals surface area (Å²) in [6, 6.07) is 14.7. The van der Waals surface area contributed by atoms with Gasteiger partial charge in [0.15, 0.2) is 5.96 Å². The van der Waals surface area contributed by atoms with Crippen LogP contribution in [0.5, 0.6) is 0 Å². The van der Waals surface area contributed by atoms with Crippen molar-refractivity contribution < 1.29 is 0 Å². The number of nitrogens with zero attached hydrogens (tertiary/aromatic N) is 3. The van der Waals surface area contributed by atoms with Gasteiger partial charge in [-0.25, -0.2) is 4.99 Å². The van der Waals surface area contributed by atoms with Gasteiger partial charge in [-0.2, -0.15) is 0 Å². The first-order valence-electron chi connectivity index (χ1n) is 10.0. The Labute approximate surface area is 185 Å². The molecule has 3 N–H and O–H groups in total. The van der Waals surface area contributed by atoms with Crippen LogP contribution in [0.4, 0.5) is 0 Å². The maximum absolute atomic E-state index is 6.00. The lowest BCUT2D eigenvalue weighted by Crippen LogP contribution is -2.33. The van der Waals surface area contributed by atoms with Gasteiger partial charge in [-0.1, -0.05) is 43.2 Å². The van der Waals surface area contributed by atoms with Crippen molar-refractivity contribution in [3.05, 3.63) is 65.5 Å². The van der Waals surface area contributed by atoms with Gasteiger partial charge in [0.2, 0.25) is 0 Å². The molecule has 1 aromatic heterocycles.